The quantitative estimate of drug-likeness (QED) is 0.839. The third-order valence-electron chi connectivity index (χ3n) is 2.84. The summed E-state index contributed by atoms with van der Waals surface area (Å²) in [4.78, 5) is 23.5. The molecule has 0 saturated heterocycles. The molecule has 5 nitrogen and oxygen atoms in total. The van der Waals surface area contributed by atoms with Gasteiger partial charge in [-0.3, -0.25) is 9.59 Å². The van der Waals surface area contributed by atoms with Crippen LogP contribution in [0.25, 0.3) is 0 Å². The highest BCUT2D eigenvalue weighted by atomic mass is 19.1. The highest BCUT2D eigenvalue weighted by Gasteiger charge is 2.11. The zero-order valence-corrected chi connectivity index (χ0v) is 10.9. The van der Waals surface area contributed by atoms with Crippen molar-refractivity contribution in [2.45, 2.75) is 13.5 Å². The Kier molecular flexibility index (Phi) is 3.84. The number of nitrogens with one attached hydrogen (secondary N) is 1. The Morgan fingerprint density at radius 2 is 2.10 bits per heavy atom. The Balaban J connectivity index is 2.28. The fourth-order valence-corrected chi connectivity index (χ4v) is 1.78. The molecule has 0 spiro atoms. The third-order valence-corrected chi connectivity index (χ3v) is 2.84. The number of hydrogen-bond acceptors (Lipinski definition) is 3. The summed E-state index contributed by atoms with van der Waals surface area (Å²) in [6, 6.07) is 6.43. The number of benzene rings is 1. The van der Waals surface area contributed by atoms with Crippen LogP contribution in [-0.4, -0.2) is 10.5 Å². The van der Waals surface area contributed by atoms with Gasteiger partial charge >= 0.3 is 0 Å². The van der Waals surface area contributed by atoms with E-state index in [-0.39, 0.29) is 16.8 Å². The summed E-state index contributed by atoms with van der Waals surface area (Å²) in [6.45, 7) is 2.31. The van der Waals surface area contributed by atoms with Gasteiger partial charge in [0.1, 0.15) is 5.82 Å². The van der Waals surface area contributed by atoms with Crippen molar-refractivity contribution >= 4 is 17.3 Å². The molecule has 3 N–H and O–H groups in total. The fourth-order valence-electron chi connectivity index (χ4n) is 1.78. The minimum absolute atomic E-state index is 0.0549. The summed E-state index contributed by atoms with van der Waals surface area (Å²) in [5, 5.41) is 2.58. The maximum Gasteiger partial charge on any atom is 0.257 e. The molecular formula is C14H14FN3O2. The van der Waals surface area contributed by atoms with Gasteiger partial charge in [0.15, 0.2) is 0 Å². The topological polar surface area (TPSA) is 77.1 Å². The summed E-state index contributed by atoms with van der Waals surface area (Å²) in [6.07, 6.45) is 1.52. The summed E-state index contributed by atoms with van der Waals surface area (Å²) < 4.78 is 14.6. The minimum atomic E-state index is -0.539. The normalized spacial score (nSPS) is 10.3. The standard InChI is InChI=1S/C14H14FN3O2/c1-2-18-8-10(4-6-13(18)19)17-14(20)11-7-9(15)3-5-12(11)16/h3-8H,2,16H2,1H3,(H,17,20). The van der Waals surface area contributed by atoms with E-state index in [1.807, 2.05) is 6.92 Å². The van der Waals surface area contributed by atoms with Gasteiger partial charge in [0, 0.05) is 24.5 Å². The van der Waals surface area contributed by atoms with Crippen LogP contribution >= 0.6 is 0 Å². The van der Waals surface area contributed by atoms with Gasteiger partial charge in [0.05, 0.1) is 11.3 Å². The van der Waals surface area contributed by atoms with Crippen LogP contribution in [-0.2, 0) is 6.54 Å². The summed E-state index contributed by atoms with van der Waals surface area (Å²) in [7, 11) is 0. The number of nitrogen functional groups attached to an aromatic ring is 1. The lowest BCUT2D eigenvalue weighted by Gasteiger charge is -2.09. The molecule has 0 bridgehead atoms. The van der Waals surface area contributed by atoms with Crippen LogP contribution in [0.3, 0.4) is 0 Å². The molecule has 2 aromatic rings. The molecule has 1 aromatic heterocycles. The van der Waals surface area contributed by atoms with Crippen molar-refractivity contribution in [3.8, 4) is 0 Å². The van der Waals surface area contributed by atoms with Crippen LogP contribution in [0, 0.1) is 5.82 Å². The van der Waals surface area contributed by atoms with Crippen molar-refractivity contribution in [3.05, 3.63) is 58.3 Å². The average Bonchev–Trinajstić information content (AvgIpc) is 2.43. The number of carbonyl (C=O) groups is 1. The Labute approximate surface area is 114 Å². The number of anilines is 2. The number of nitrogens with two attached hydrogens (primary N) is 1. The number of aryl methyl sites for hydroxylation is 1. The van der Waals surface area contributed by atoms with Crippen molar-refractivity contribution in [3.63, 3.8) is 0 Å². The van der Waals surface area contributed by atoms with Gasteiger partial charge in [0.25, 0.3) is 11.5 Å². The van der Waals surface area contributed by atoms with Crippen LogP contribution < -0.4 is 16.6 Å². The first-order valence-electron chi connectivity index (χ1n) is 6.08. The summed E-state index contributed by atoms with van der Waals surface area (Å²) in [5.41, 5.74) is 6.17. The monoisotopic (exact) mass is 275 g/mol. The smallest absolute Gasteiger partial charge is 0.257 e. The predicted octanol–water partition coefficient (Wildman–Crippen LogP) is 1.84. The van der Waals surface area contributed by atoms with E-state index in [2.05, 4.69) is 5.32 Å². The zero-order valence-electron chi connectivity index (χ0n) is 10.9. The Morgan fingerprint density at radius 1 is 1.35 bits per heavy atom. The van der Waals surface area contributed by atoms with Crippen molar-refractivity contribution in [2.24, 2.45) is 0 Å². The van der Waals surface area contributed by atoms with E-state index in [0.29, 0.717) is 12.2 Å². The van der Waals surface area contributed by atoms with Crippen LogP contribution in [0.1, 0.15) is 17.3 Å². The fraction of sp³-hybridized carbons (Fsp3) is 0.143. The number of halogens is 1. The van der Waals surface area contributed by atoms with Crippen LogP contribution in [0.5, 0.6) is 0 Å². The number of aromatic nitrogens is 1. The molecule has 0 aliphatic heterocycles. The third kappa shape index (κ3) is 2.85. The van der Waals surface area contributed by atoms with Gasteiger partial charge in [-0.25, -0.2) is 4.39 Å². The maximum absolute atomic E-state index is 13.1. The molecule has 0 aliphatic rings. The number of amides is 1. The van der Waals surface area contributed by atoms with Crippen LogP contribution in [0.2, 0.25) is 0 Å². The van der Waals surface area contributed by atoms with E-state index in [1.54, 1.807) is 0 Å². The molecule has 6 heteroatoms. The molecule has 1 amide bonds. The second-order valence-corrected chi connectivity index (χ2v) is 4.23. The molecule has 0 radical (unpaired) electrons. The zero-order chi connectivity index (χ0) is 14.7. The number of hydrogen-bond donors (Lipinski definition) is 2. The lowest BCUT2D eigenvalue weighted by atomic mass is 10.1. The van der Waals surface area contributed by atoms with E-state index in [0.717, 1.165) is 6.07 Å². The molecule has 0 saturated carbocycles. The lowest BCUT2D eigenvalue weighted by Crippen LogP contribution is -2.20. The van der Waals surface area contributed by atoms with Crippen LogP contribution in [0.4, 0.5) is 15.8 Å². The van der Waals surface area contributed by atoms with E-state index >= 15 is 0 Å². The number of pyridine rings is 1. The maximum atomic E-state index is 13.1. The largest absolute Gasteiger partial charge is 0.398 e. The molecule has 2 rings (SSSR count). The molecule has 1 heterocycles. The van der Waals surface area contributed by atoms with Crippen molar-refractivity contribution in [1.82, 2.24) is 4.57 Å². The van der Waals surface area contributed by atoms with Gasteiger partial charge in [-0.15, -0.1) is 0 Å². The van der Waals surface area contributed by atoms with Gasteiger partial charge in [-0.05, 0) is 31.2 Å². The molecule has 0 atom stereocenters. The number of rotatable bonds is 3. The first-order valence-corrected chi connectivity index (χ1v) is 6.08. The second-order valence-electron chi connectivity index (χ2n) is 4.23. The molecule has 0 aliphatic carbocycles. The minimum Gasteiger partial charge on any atom is -0.398 e. The highest BCUT2D eigenvalue weighted by Crippen LogP contribution is 2.15. The number of carbonyl (C=O) groups excluding carboxylic acids is 1. The molecule has 20 heavy (non-hydrogen) atoms. The first-order chi connectivity index (χ1) is 9.51. The molecule has 104 valence electrons. The SMILES string of the molecule is CCn1cc(NC(=O)c2cc(F)ccc2N)ccc1=O. The first kappa shape index (κ1) is 13.8. The lowest BCUT2D eigenvalue weighted by molar-refractivity contribution is 0.102. The average molecular weight is 275 g/mol. The Hall–Kier alpha value is -2.63. The van der Waals surface area contributed by atoms with E-state index in [4.69, 9.17) is 5.73 Å². The Bertz CT molecular complexity index is 710. The number of nitrogens with zero attached hydrogens (tertiary/aromatic N) is 1. The highest BCUT2D eigenvalue weighted by molar-refractivity contribution is 6.07. The second kappa shape index (κ2) is 5.56. The molecule has 0 unspecified atom stereocenters. The van der Waals surface area contributed by atoms with E-state index in [9.17, 15) is 14.0 Å². The summed E-state index contributed by atoms with van der Waals surface area (Å²) in [5.74, 6) is -1.06. The Morgan fingerprint density at radius 3 is 2.80 bits per heavy atom. The van der Waals surface area contributed by atoms with E-state index < -0.39 is 11.7 Å². The van der Waals surface area contributed by atoms with E-state index in [1.165, 1.54) is 35.0 Å². The molecule has 1 aromatic carbocycles. The van der Waals surface area contributed by atoms with Crippen molar-refractivity contribution < 1.29 is 9.18 Å². The molecule has 0 fully saturated rings. The van der Waals surface area contributed by atoms with Gasteiger partial charge in [-0.1, -0.05) is 0 Å². The van der Waals surface area contributed by atoms with Crippen molar-refractivity contribution in [2.75, 3.05) is 11.1 Å². The van der Waals surface area contributed by atoms with Gasteiger partial charge in [0.2, 0.25) is 0 Å². The van der Waals surface area contributed by atoms with Gasteiger partial charge in [-0.2, -0.15) is 0 Å². The predicted molar refractivity (Wildman–Crippen MR) is 75.1 cm³/mol. The molecular weight excluding hydrogens is 261 g/mol. The van der Waals surface area contributed by atoms with Gasteiger partial charge < -0.3 is 15.6 Å². The summed E-state index contributed by atoms with van der Waals surface area (Å²) >= 11 is 0. The van der Waals surface area contributed by atoms with Crippen LogP contribution in [0.15, 0.2) is 41.3 Å². The van der Waals surface area contributed by atoms with Crippen molar-refractivity contribution in [1.29, 1.82) is 0 Å².